The summed E-state index contributed by atoms with van der Waals surface area (Å²) in [5.74, 6) is 0.898. The van der Waals surface area contributed by atoms with Crippen molar-refractivity contribution in [3.63, 3.8) is 0 Å². The lowest BCUT2D eigenvalue weighted by Crippen LogP contribution is -2.47. The maximum atomic E-state index is 9.22. The third-order valence-electron chi connectivity index (χ3n) is 6.70. The SMILES string of the molecule is CC(C)(C)n1nnnc1[C@@H](c1ccc(C#N)cc1)N1CCCC2(CCCCC2)C1. The van der Waals surface area contributed by atoms with E-state index in [9.17, 15) is 5.26 Å². The minimum Gasteiger partial charge on any atom is -0.289 e. The summed E-state index contributed by atoms with van der Waals surface area (Å²) in [6, 6.07) is 10.2. The number of piperidine rings is 1. The summed E-state index contributed by atoms with van der Waals surface area (Å²) in [5.41, 5.74) is 2.10. The van der Waals surface area contributed by atoms with E-state index in [4.69, 9.17) is 0 Å². The van der Waals surface area contributed by atoms with Gasteiger partial charge in [0, 0.05) is 6.54 Å². The molecule has 1 aliphatic heterocycles. The van der Waals surface area contributed by atoms with Crippen LogP contribution < -0.4 is 0 Å². The molecule has 2 heterocycles. The lowest BCUT2D eigenvalue weighted by Gasteiger charge is -2.47. The molecule has 4 rings (SSSR count). The average molecular weight is 393 g/mol. The molecule has 29 heavy (non-hydrogen) atoms. The first kappa shape index (κ1) is 20.0. The molecule has 0 unspecified atom stereocenters. The number of benzene rings is 1. The van der Waals surface area contributed by atoms with E-state index in [1.54, 1.807) is 0 Å². The predicted molar refractivity (Wildman–Crippen MR) is 112 cm³/mol. The second-order valence-corrected chi connectivity index (χ2v) is 9.89. The van der Waals surface area contributed by atoms with Gasteiger partial charge in [-0.25, -0.2) is 4.68 Å². The third-order valence-corrected chi connectivity index (χ3v) is 6.70. The lowest BCUT2D eigenvalue weighted by atomic mass is 9.69. The third kappa shape index (κ3) is 4.06. The van der Waals surface area contributed by atoms with Gasteiger partial charge in [-0.05, 0) is 86.5 Å². The first-order chi connectivity index (χ1) is 13.9. The summed E-state index contributed by atoms with van der Waals surface area (Å²) in [7, 11) is 0. The van der Waals surface area contributed by atoms with Crippen LogP contribution in [0.15, 0.2) is 24.3 Å². The van der Waals surface area contributed by atoms with Crippen LogP contribution in [0.2, 0.25) is 0 Å². The number of nitriles is 1. The van der Waals surface area contributed by atoms with Crippen molar-refractivity contribution in [3.05, 3.63) is 41.2 Å². The molecular weight excluding hydrogens is 360 g/mol. The van der Waals surface area contributed by atoms with E-state index in [0.29, 0.717) is 11.0 Å². The van der Waals surface area contributed by atoms with Gasteiger partial charge >= 0.3 is 0 Å². The van der Waals surface area contributed by atoms with Gasteiger partial charge in [-0.3, -0.25) is 4.90 Å². The summed E-state index contributed by atoms with van der Waals surface area (Å²) in [4.78, 5) is 2.60. The van der Waals surface area contributed by atoms with Crippen molar-refractivity contribution in [1.29, 1.82) is 5.26 Å². The Morgan fingerprint density at radius 1 is 1.03 bits per heavy atom. The number of likely N-dealkylation sites (tertiary alicyclic amines) is 1. The van der Waals surface area contributed by atoms with Crippen molar-refractivity contribution in [1.82, 2.24) is 25.1 Å². The molecular formula is C23H32N6. The fraction of sp³-hybridized carbons (Fsp3) is 0.652. The van der Waals surface area contributed by atoms with Crippen LogP contribution in [0.5, 0.6) is 0 Å². The summed E-state index contributed by atoms with van der Waals surface area (Å²) in [6.07, 6.45) is 9.34. The number of nitrogens with zero attached hydrogens (tertiary/aromatic N) is 6. The van der Waals surface area contributed by atoms with Gasteiger partial charge in [-0.1, -0.05) is 31.4 Å². The fourth-order valence-electron chi connectivity index (χ4n) is 5.28. The minimum atomic E-state index is -0.192. The highest BCUT2D eigenvalue weighted by Crippen LogP contribution is 2.45. The summed E-state index contributed by atoms with van der Waals surface area (Å²) in [6.45, 7) is 8.59. The molecule has 6 heteroatoms. The zero-order valence-electron chi connectivity index (χ0n) is 17.9. The first-order valence-electron chi connectivity index (χ1n) is 10.9. The van der Waals surface area contributed by atoms with E-state index in [0.717, 1.165) is 24.5 Å². The number of hydrogen-bond acceptors (Lipinski definition) is 5. The molecule has 1 aromatic carbocycles. The van der Waals surface area contributed by atoms with E-state index in [-0.39, 0.29) is 11.6 Å². The topological polar surface area (TPSA) is 70.6 Å². The molecule has 1 saturated carbocycles. The van der Waals surface area contributed by atoms with Crippen molar-refractivity contribution < 1.29 is 0 Å². The molecule has 0 bridgehead atoms. The van der Waals surface area contributed by atoms with Gasteiger partial charge in [0.05, 0.1) is 23.2 Å². The molecule has 2 fully saturated rings. The van der Waals surface area contributed by atoms with Crippen LogP contribution in [0.3, 0.4) is 0 Å². The van der Waals surface area contributed by atoms with Gasteiger partial charge in [0.25, 0.3) is 0 Å². The molecule has 0 amide bonds. The van der Waals surface area contributed by atoms with Crippen molar-refractivity contribution >= 4 is 0 Å². The second kappa shape index (κ2) is 7.87. The van der Waals surface area contributed by atoms with Gasteiger partial charge < -0.3 is 0 Å². The van der Waals surface area contributed by atoms with Crippen LogP contribution in [0.1, 0.15) is 88.7 Å². The Bertz CT molecular complexity index is 858. The normalized spacial score (nSPS) is 21.0. The predicted octanol–water partition coefficient (Wildman–Crippen LogP) is 4.44. The molecule has 154 valence electrons. The van der Waals surface area contributed by atoms with Gasteiger partial charge in [0.15, 0.2) is 5.82 Å². The Kier molecular flexibility index (Phi) is 5.44. The molecule has 1 saturated heterocycles. The maximum absolute atomic E-state index is 9.22. The van der Waals surface area contributed by atoms with Crippen LogP contribution >= 0.6 is 0 Å². The van der Waals surface area contributed by atoms with Crippen LogP contribution in [-0.4, -0.2) is 38.2 Å². The van der Waals surface area contributed by atoms with E-state index < -0.39 is 0 Å². The molecule has 1 spiro atoms. The maximum Gasteiger partial charge on any atom is 0.173 e. The molecule has 0 N–H and O–H groups in total. The number of tetrazole rings is 1. The van der Waals surface area contributed by atoms with Crippen molar-refractivity contribution in [2.24, 2.45) is 5.41 Å². The molecule has 1 atom stereocenters. The largest absolute Gasteiger partial charge is 0.289 e. The number of aromatic nitrogens is 4. The summed E-state index contributed by atoms with van der Waals surface area (Å²) in [5, 5.41) is 22.1. The zero-order chi connectivity index (χ0) is 20.5. The number of hydrogen-bond donors (Lipinski definition) is 0. The molecule has 1 aromatic heterocycles. The van der Waals surface area contributed by atoms with Gasteiger partial charge in [0.2, 0.25) is 0 Å². The van der Waals surface area contributed by atoms with Crippen LogP contribution in [0.25, 0.3) is 0 Å². The lowest BCUT2D eigenvalue weighted by molar-refractivity contribution is 0.0332. The van der Waals surface area contributed by atoms with Crippen molar-refractivity contribution in [2.45, 2.75) is 77.3 Å². The monoisotopic (exact) mass is 392 g/mol. The zero-order valence-corrected chi connectivity index (χ0v) is 17.9. The summed E-state index contributed by atoms with van der Waals surface area (Å²) < 4.78 is 1.97. The van der Waals surface area contributed by atoms with Crippen LogP contribution in [-0.2, 0) is 5.54 Å². The Labute approximate surface area is 173 Å². The van der Waals surface area contributed by atoms with Crippen molar-refractivity contribution in [3.8, 4) is 6.07 Å². The van der Waals surface area contributed by atoms with Gasteiger partial charge in [0.1, 0.15) is 0 Å². The standard InChI is InChI=1S/C23H32N6/c1-22(2,3)29-21(25-26-27-29)20(19-10-8-18(16-24)9-11-19)28-15-7-14-23(17-28)12-5-4-6-13-23/h8-11,20H,4-7,12-15,17H2,1-3H3/t20-/m1/s1. The van der Waals surface area contributed by atoms with Gasteiger partial charge in [-0.2, -0.15) is 5.26 Å². The van der Waals surface area contributed by atoms with E-state index in [1.807, 2.05) is 16.8 Å². The van der Waals surface area contributed by atoms with E-state index in [1.165, 1.54) is 44.9 Å². The minimum absolute atomic E-state index is 0.0102. The molecule has 1 aliphatic carbocycles. The highest BCUT2D eigenvalue weighted by atomic mass is 15.6. The van der Waals surface area contributed by atoms with Crippen molar-refractivity contribution in [2.75, 3.05) is 13.1 Å². The smallest absolute Gasteiger partial charge is 0.173 e. The quantitative estimate of drug-likeness (QED) is 0.772. The fourth-order valence-corrected chi connectivity index (χ4v) is 5.28. The Hall–Kier alpha value is -2.26. The van der Waals surface area contributed by atoms with E-state index in [2.05, 4.69) is 59.4 Å². The molecule has 2 aliphatic rings. The Morgan fingerprint density at radius 2 is 1.72 bits per heavy atom. The Balaban J connectivity index is 1.74. The molecule has 6 nitrogen and oxygen atoms in total. The molecule has 0 radical (unpaired) electrons. The van der Waals surface area contributed by atoms with Crippen LogP contribution in [0.4, 0.5) is 0 Å². The van der Waals surface area contributed by atoms with Crippen LogP contribution in [0, 0.1) is 16.7 Å². The highest BCUT2D eigenvalue weighted by molar-refractivity contribution is 5.35. The Morgan fingerprint density at radius 3 is 2.38 bits per heavy atom. The highest BCUT2D eigenvalue weighted by Gasteiger charge is 2.41. The second-order valence-electron chi connectivity index (χ2n) is 9.89. The first-order valence-corrected chi connectivity index (χ1v) is 10.9. The van der Waals surface area contributed by atoms with Gasteiger partial charge in [-0.15, -0.1) is 5.10 Å². The molecule has 2 aromatic rings. The average Bonchev–Trinajstić information content (AvgIpc) is 3.19. The van der Waals surface area contributed by atoms with E-state index >= 15 is 0 Å². The number of rotatable bonds is 3. The summed E-state index contributed by atoms with van der Waals surface area (Å²) >= 11 is 0.